The summed E-state index contributed by atoms with van der Waals surface area (Å²) >= 11 is 12.1. The van der Waals surface area contributed by atoms with E-state index in [4.69, 9.17) is 27.7 Å². The van der Waals surface area contributed by atoms with Crippen molar-refractivity contribution in [1.29, 1.82) is 0 Å². The molecular weight excluding hydrogens is 415 g/mol. The molecule has 0 saturated carbocycles. The zero-order valence-electron chi connectivity index (χ0n) is 15.5. The lowest BCUT2D eigenvalue weighted by atomic mass is 10.2. The van der Waals surface area contributed by atoms with Crippen LogP contribution in [0.1, 0.15) is 0 Å². The topological polar surface area (TPSA) is 89.0 Å². The van der Waals surface area contributed by atoms with Crippen LogP contribution >= 0.6 is 23.2 Å². The number of hydrogen-bond donors (Lipinski definition) is 0. The van der Waals surface area contributed by atoms with E-state index in [1.54, 1.807) is 35.4 Å². The molecule has 0 amide bonds. The van der Waals surface area contributed by atoms with Crippen molar-refractivity contribution in [2.75, 3.05) is 36.0 Å². The first kappa shape index (κ1) is 18.1. The molecule has 0 spiro atoms. The highest BCUT2D eigenvalue weighted by atomic mass is 35.5. The minimum Gasteiger partial charge on any atom is -0.352 e. The smallest absolute Gasteiger partial charge is 0.324 e. The molecule has 0 unspecified atom stereocenters. The third kappa shape index (κ3) is 3.36. The van der Waals surface area contributed by atoms with Gasteiger partial charge in [0.05, 0.1) is 11.6 Å². The Kier molecular flexibility index (Phi) is 4.48. The number of halogens is 2. The third-order valence-corrected chi connectivity index (χ3v) is 5.33. The summed E-state index contributed by atoms with van der Waals surface area (Å²) in [6.45, 7) is 2.98. The zero-order chi connectivity index (χ0) is 20.0. The van der Waals surface area contributed by atoms with Gasteiger partial charge < -0.3 is 14.3 Å². The highest BCUT2D eigenvalue weighted by molar-refractivity contribution is 6.35. The quantitative estimate of drug-likeness (QED) is 0.489. The monoisotopic (exact) mass is 430 g/mol. The van der Waals surface area contributed by atoms with Crippen LogP contribution in [0.25, 0.3) is 22.4 Å². The van der Waals surface area contributed by atoms with Crippen LogP contribution in [0.2, 0.25) is 10.0 Å². The van der Waals surface area contributed by atoms with Crippen LogP contribution in [0.15, 0.2) is 35.2 Å². The summed E-state index contributed by atoms with van der Waals surface area (Å²) in [5.74, 6) is 1.35. The van der Waals surface area contributed by atoms with Gasteiger partial charge in [0.15, 0.2) is 5.65 Å². The van der Waals surface area contributed by atoms with Crippen molar-refractivity contribution in [2.24, 2.45) is 7.05 Å². The highest BCUT2D eigenvalue weighted by Crippen LogP contribution is 2.28. The fourth-order valence-electron chi connectivity index (χ4n) is 3.46. The van der Waals surface area contributed by atoms with Gasteiger partial charge in [-0.05, 0) is 18.2 Å². The predicted molar refractivity (Wildman–Crippen MR) is 110 cm³/mol. The fourth-order valence-corrected chi connectivity index (χ4v) is 3.98. The van der Waals surface area contributed by atoms with E-state index in [1.165, 1.54) is 0 Å². The molecule has 4 heterocycles. The van der Waals surface area contributed by atoms with Crippen molar-refractivity contribution in [3.8, 4) is 11.4 Å². The zero-order valence-corrected chi connectivity index (χ0v) is 17.0. The Morgan fingerprint density at radius 1 is 0.966 bits per heavy atom. The number of anilines is 2. The van der Waals surface area contributed by atoms with Crippen molar-refractivity contribution in [3.05, 3.63) is 40.8 Å². The molecule has 1 aliphatic heterocycles. The van der Waals surface area contributed by atoms with Crippen LogP contribution in [0.3, 0.4) is 0 Å². The summed E-state index contributed by atoms with van der Waals surface area (Å²) in [4.78, 5) is 17.6. The van der Waals surface area contributed by atoms with E-state index in [0.29, 0.717) is 21.9 Å². The van der Waals surface area contributed by atoms with Crippen LogP contribution in [0.5, 0.6) is 0 Å². The molecule has 0 bridgehead atoms. The van der Waals surface area contributed by atoms with E-state index in [2.05, 4.69) is 35.0 Å². The average Bonchev–Trinajstić information content (AvgIpc) is 3.35. The number of aromatic nitrogens is 6. The standard InChI is InChI=1S/C18H16Cl2N8O/c1-26-16-14(9-23-26)17(22-10-21-16)27-2-4-28(5-3-27)18-24-15(25-29-18)11-6-12(19)8-13(20)7-11/h6-10H,2-5H2,1H3. The van der Waals surface area contributed by atoms with Gasteiger partial charge in [0.25, 0.3) is 0 Å². The third-order valence-electron chi connectivity index (χ3n) is 4.89. The second kappa shape index (κ2) is 7.16. The molecule has 0 N–H and O–H groups in total. The van der Waals surface area contributed by atoms with Crippen LogP contribution < -0.4 is 9.80 Å². The maximum Gasteiger partial charge on any atom is 0.324 e. The van der Waals surface area contributed by atoms with Crippen LogP contribution in [0.4, 0.5) is 11.8 Å². The van der Waals surface area contributed by atoms with Gasteiger partial charge in [0, 0.05) is 48.8 Å². The fraction of sp³-hybridized carbons (Fsp3) is 0.278. The first-order valence-corrected chi connectivity index (χ1v) is 9.77. The van der Waals surface area contributed by atoms with Crippen molar-refractivity contribution in [3.63, 3.8) is 0 Å². The predicted octanol–water partition coefficient (Wildman–Crippen LogP) is 3.05. The molecule has 4 aromatic rings. The van der Waals surface area contributed by atoms with Gasteiger partial charge >= 0.3 is 6.01 Å². The van der Waals surface area contributed by atoms with Crippen LogP contribution in [-0.4, -0.2) is 56.1 Å². The molecule has 11 heteroatoms. The molecule has 9 nitrogen and oxygen atoms in total. The Balaban J connectivity index is 1.33. The molecule has 3 aromatic heterocycles. The van der Waals surface area contributed by atoms with E-state index in [1.807, 2.05) is 7.05 Å². The Hall–Kier alpha value is -2.91. The molecule has 1 aliphatic rings. The first-order valence-electron chi connectivity index (χ1n) is 9.01. The molecule has 1 saturated heterocycles. The van der Waals surface area contributed by atoms with Gasteiger partial charge in [-0.2, -0.15) is 10.1 Å². The number of aryl methyl sites for hydroxylation is 1. The summed E-state index contributed by atoms with van der Waals surface area (Å²) in [5, 5.41) is 10.4. The second-order valence-electron chi connectivity index (χ2n) is 6.74. The van der Waals surface area contributed by atoms with E-state index in [9.17, 15) is 0 Å². The Bertz CT molecular complexity index is 1160. The van der Waals surface area contributed by atoms with Gasteiger partial charge in [-0.25, -0.2) is 9.97 Å². The van der Waals surface area contributed by atoms with Crippen LogP contribution in [-0.2, 0) is 7.05 Å². The minimum absolute atomic E-state index is 0.458. The molecule has 1 aromatic carbocycles. The molecule has 0 atom stereocenters. The largest absolute Gasteiger partial charge is 0.352 e. The lowest BCUT2D eigenvalue weighted by molar-refractivity contribution is 0.409. The average molecular weight is 431 g/mol. The van der Waals surface area contributed by atoms with E-state index < -0.39 is 0 Å². The summed E-state index contributed by atoms with van der Waals surface area (Å²) in [7, 11) is 1.87. The number of benzene rings is 1. The van der Waals surface area contributed by atoms with Gasteiger partial charge in [0.1, 0.15) is 12.1 Å². The summed E-state index contributed by atoms with van der Waals surface area (Å²) < 4.78 is 7.22. The number of fused-ring (bicyclic) bond motifs is 1. The van der Waals surface area contributed by atoms with Crippen LogP contribution in [0, 0.1) is 0 Å². The number of nitrogens with zero attached hydrogens (tertiary/aromatic N) is 8. The molecule has 0 radical (unpaired) electrons. The molecule has 148 valence electrons. The molecule has 5 rings (SSSR count). The van der Waals surface area contributed by atoms with Gasteiger partial charge in [0.2, 0.25) is 5.82 Å². The normalized spacial score (nSPS) is 14.7. The number of rotatable bonds is 3. The number of piperazine rings is 1. The first-order chi connectivity index (χ1) is 14.1. The van der Waals surface area contributed by atoms with Crippen molar-refractivity contribution in [2.45, 2.75) is 0 Å². The molecular formula is C18H16Cl2N8O. The van der Waals surface area contributed by atoms with Crippen molar-refractivity contribution < 1.29 is 4.52 Å². The van der Waals surface area contributed by atoms with E-state index >= 15 is 0 Å². The summed E-state index contributed by atoms with van der Waals surface area (Å²) in [6.07, 6.45) is 3.38. The SMILES string of the molecule is Cn1ncc2c(N3CCN(c4nc(-c5cc(Cl)cc(Cl)c5)no4)CC3)ncnc21. The van der Waals surface area contributed by atoms with Gasteiger partial charge in [-0.15, -0.1) is 0 Å². The molecule has 0 aliphatic carbocycles. The Labute approximate surface area is 175 Å². The Morgan fingerprint density at radius 2 is 1.69 bits per heavy atom. The molecule has 1 fully saturated rings. The van der Waals surface area contributed by atoms with Crippen molar-refractivity contribution in [1.82, 2.24) is 29.9 Å². The van der Waals surface area contributed by atoms with E-state index in [-0.39, 0.29) is 0 Å². The van der Waals surface area contributed by atoms with E-state index in [0.717, 1.165) is 48.6 Å². The van der Waals surface area contributed by atoms with Gasteiger partial charge in [-0.1, -0.05) is 28.4 Å². The lowest BCUT2D eigenvalue weighted by Gasteiger charge is -2.34. The minimum atomic E-state index is 0.458. The Morgan fingerprint density at radius 3 is 2.45 bits per heavy atom. The maximum atomic E-state index is 6.07. The molecule has 29 heavy (non-hydrogen) atoms. The lowest BCUT2D eigenvalue weighted by Crippen LogP contribution is -2.47. The maximum absolute atomic E-state index is 6.07. The van der Waals surface area contributed by atoms with Gasteiger partial charge in [-0.3, -0.25) is 4.68 Å². The summed E-state index contributed by atoms with van der Waals surface area (Å²) in [5.41, 5.74) is 1.54. The second-order valence-corrected chi connectivity index (χ2v) is 7.61. The number of hydrogen-bond acceptors (Lipinski definition) is 8. The highest BCUT2D eigenvalue weighted by Gasteiger charge is 2.24. The summed E-state index contributed by atoms with van der Waals surface area (Å²) in [6, 6.07) is 5.66. The van der Waals surface area contributed by atoms with Crippen molar-refractivity contribution >= 4 is 46.1 Å².